The molecule has 1 aliphatic rings. The van der Waals surface area contributed by atoms with Crippen LogP contribution in [-0.2, 0) is 19.5 Å². The SMILES string of the molecule is Cc1cccnc1CNCc1cccc2c1NCC2.Cl. The van der Waals surface area contributed by atoms with Crippen molar-refractivity contribution in [3.8, 4) is 0 Å². The van der Waals surface area contributed by atoms with Gasteiger partial charge < -0.3 is 10.6 Å². The predicted octanol–water partition coefficient (Wildman–Crippen LogP) is 3.07. The van der Waals surface area contributed by atoms with Crippen LogP contribution in [0.1, 0.15) is 22.4 Å². The standard InChI is InChI=1S/C16H19N3.ClH/c1-12-4-3-8-18-15(12)11-17-10-14-6-2-5-13-7-9-19-16(13)14;/h2-6,8,17,19H,7,9-11H2,1H3;1H. The van der Waals surface area contributed by atoms with E-state index in [0.717, 1.165) is 31.7 Å². The predicted molar refractivity (Wildman–Crippen MR) is 85.4 cm³/mol. The molecular formula is C16H20ClN3. The van der Waals surface area contributed by atoms with Crippen molar-refractivity contribution in [1.82, 2.24) is 10.3 Å². The minimum Gasteiger partial charge on any atom is -0.384 e. The molecule has 2 heterocycles. The number of anilines is 1. The molecule has 0 saturated heterocycles. The number of benzene rings is 1. The zero-order valence-corrected chi connectivity index (χ0v) is 12.5. The van der Waals surface area contributed by atoms with E-state index in [2.05, 4.69) is 46.8 Å². The molecule has 0 amide bonds. The highest BCUT2D eigenvalue weighted by Crippen LogP contribution is 2.26. The highest BCUT2D eigenvalue weighted by atomic mass is 35.5. The Morgan fingerprint density at radius 3 is 2.95 bits per heavy atom. The van der Waals surface area contributed by atoms with Gasteiger partial charge in [0, 0.05) is 31.5 Å². The van der Waals surface area contributed by atoms with Crippen molar-refractivity contribution in [2.75, 3.05) is 11.9 Å². The smallest absolute Gasteiger partial charge is 0.0570 e. The fraction of sp³-hybridized carbons (Fsp3) is 0.312. The van der Waals surface area contributed by atoms with Gasteiger partial charge in [0.2, 0.25) is 0 Å². The van der Waals surface area contributed by atoms with Gasteiger partial charge in [-0.05, 0) is 36.1 Å². The van der Waals surface area contributed by atoms with Crippen LogP contribution in [0.3, 0.4) is 0 Å². The second kappa shape index (κ2) is 6.73. The Morgan fingerprint density at radius 1 is 1.20 bits per heavy atom. The highest BCUT2D eigenvalue weighted by molar-refractivity contribution is 5.85. The molecule has 0 fully saturated rings. The van der Waals surface area contributed by atoms with Crippen LogP contribution in [0.15, 0.2) is 36.5 Å². The Morgan fingerprint density at radius 2 is 2.10 bits per heavy atom. The molecule has 4 heteroatoms. The lowest BCUT2D eigenvalue weighted by atomic mass is 10.1. The molecule has 0 spiro atoms. The van der Waals surface area contributed by atoms with Gasteiger partial charge in [-0.3, -0.25) is 4.98 Å². The average molecular weight is 290 g/mol. The van der Waals surface area contributed by atoms with Gasteiger partial charge in [0.15, 0.2) is 0 Å². The summed E-state index contributed by atoms with van der Waals surface area (Å²) in [5.74, 6) is 0. The molecule has 0 saturated carbocycles. The zero-order chi connectivity index (χ0) is 13.1. The van der Waals surface area contributed by atoms with Gasteiger partial charge in [-0.15, -0.1) is 12.4 Å². The monoisotopic (exact) mass is 289 g/mol. The van der Waals surface area contributed by atoms with Gasteiger partial charge in [0.05, 0.1) is 5.69 Å². The molecule has 1 aromatic heterocycles. The number of nitrogens with one attached hydrogen (secondary N) is 2. The van der Waals surface area contributed by atoms with E-state index in [1.54, 1.807) is 0 Å². The maximum Gasteiger partial charge on any atom is 0.0570 e. The topological polar surface area (TPSA) is 37.0 Å². The van der Waals surface area contributed by atoms with Crippen molar-refractivity contribution < 1.29 is 0 Å². The van der Waals surface area contributed by atoms with E-state index >= 15 is 0 Å². The number of hydrogen-bond acceptors (Lipinski definition) is 3. The van der Waals surface area contributed by atoms with Crippen molar-refractivity contribution in [3.63, 3.8) is 0 Å². The number of rotatable bonds is 4. The first-order chi connectivity index (χ1) is 9.34. The number of halogens is 1. The Hall–Kier alpha value is -1.58. The summed E-state index contributed by atoms with van der Waals surface area (Å²) in [4.78, 5) is 4.40. The molecule has 3 rings (SSSR count). The minimum absolute atomic E-state index is 0. The Balaban J connectivity index is 0.00000147. The molecule has 20 heavy (non-hydrogen) atoms. The molecule has 0 atom stereocenters. The number of aromatic nitrogens is 1. The molecule has 1 aliphatic heterocycles. The summed E-state index contributed by atoms with van der Waals surface area (Å²) in [6.07, 6.45) is 2.99. The first kappa shape index (κ1) is 14.8. The Kier molecular flexibility index (Phi) is 4.99. The van der Waals surface area contributed by atoms with Gasteiger partial charge in [-0.25, -0.2) is 0 Å². The van der Waals surface area contributed by atoms with Crippen LogP contribution in [0.4, 0.5) is 5.69 Å². The van der Waals surface area contributed by atoms with Gasteiger partial charge >= 0.3 is 0 Å². The maximum atomic E-state index is 4.40. The van der Waals surface area contributed by atoms with Crippen LogP contribution in [0.5, 0.6) is 0 Å². The van der Waals surface area contributed by atoms with E-state index in [1.165, 1.54) is 22.4 Å². The number of para-hydroxylation sites is 1. The molecular weight excluding hydrogens is 270 g/mol. The largest absolute Gasteiger partial charge is 0.384 e. The van der Waals surface area contributed by atoms with Crippen molar-refractivity contribution >= 4 is 18.1 Å². The Labute approximate surface area is 126 Å². The quantitative estimate of drug-likeness (QED) is 0.908. The average Bonchev–Trinajstić information content (AvgIpc) is 2.90. The van der Waals surface area contributed by atoms with E-state index in [4.69, 9.17) is 0 Å². The fourth-order valence-electron chi connectivity index (χ4n) is 2.58. The summed E-state index contributed by atoms with van der Waals surface area (Å²) in [5, 5.41) is 6.96. The first-order valence-corrected chi connectivity index (χ1v) is 6.80. The van der Waals surface area contributed by atoms with E-state index < -0.39 is 0 Å². The van der Waals surface area contributed by atoms with Crippen molar-refractivity contribution in [3.05, 3.63) is 58.9 Å². The summed E-state index contributed by atoms with van der Waals surface area (Å²) in [6, 6.07) is 10.6. The van der Waals surface area contributed by atoms with Crippen LogP contribution < -0.4 is 10.6 Å². The van der Waals surface area contributed by atoms with E-state index in [9.17, 15) is 0 Å². The molecule has 106 valence electrons. The molecule has 0 aliphatic carbocycles. The fourth-order valence-corrected chi connectivity index (χ4v) is 2.58. The van der Waals surface area contributed by atoms with E-state index in [-0.39, 0.29) is 12.4 Å². The van der Waals surface area contributed by atoms with Crippen LogP contribution in [0, 0.1) is 6.92 Å². The normalized spacial score (nSPS) is 12.4. The molecule has 3 nitrogen and oxygen atoms in total. The number of aryl methyl sites for hydroxylation is 1. The second-order valence-electron chi connectivity index (χ2n) is 5.00. The lowest BCUT2D eigenvalue weighted by Crippen LogP contribution is -2.15. The maximum absolute atomic E-state index is 4.40. The van der Waals surface area contributed by atoms with Crippen LogP contribution in [0.25, 0.3) is 0 Å². The number of fused-ring (bicyclic) bond motifs is 1. The van der Waals surface area contributed by atoms with Crippen molar-refractivity contribution in [1.29, 1.82) is 0 Å². The summed E-state index contributed by atoms with van der Waals surface area (Å²) >= 11 is 0. The van der Waals surface area contributed by atoms with Crippen LogP contribution >= 0.6 is 12.4 Å². The lowest BCUT2D eigenvalue weighted by molar-refractivity contribution is 0.677. The Bertz CT molecular complexity index is 584. The second-order valence-corrected chi connectivity index (χ2v) is 5.00. The van der Waals surface area contributed by atoms with Gasteiger partial charge in [0.1, 0.15) is 0 Å². The molecule has 0 radical (unpaired) electrons. The molecule has 2 N–H and O–H groups in total. The molecule has 0 unspecified atom stereocenters. The van der Waals surface area contributed by atoms with Crippen LogP contribution in [0.2, 0.25) is 0 Å². The lowest BCUT2D eigenvalue weighted by Gasteiger charge is -2.10. The molecule has 1 aromatic carbocycles. The summed E-state index contributed by atoms with van der Waals surface area (Å²) in [5.41, 5.74) is 6.49. The molecule has 0 bridgehead atoms. The third-order valence-corrected chi connectivity index (χ3v) is 3.66. The van der Waals surface area contributed by atoms with E-state index in [0.29, 0.717) is 0 Å². The summed E-state index contributed by atoms with van der Waals surface area (Å²) in [6.45, 7) is 4.86. The number of pyridine rings is 1. The zero-order valence-electron chi connectivity index (χ0n) is 11.6. The minimum atomic E-state index is 0. The van der Waals surface area contributed by atoms with Gasteiger partial charge in [-0.1, -0.05) is 24.3 Å². The van der Waals surface area contributed by atoms with Gasteiger partial charge in [0.25, 0.3) is 0 Å². The third kappa shape index (κ3) is 3.11. The highest BCUT2D eigenvalue weighted by Gasteiger charge is 2.12. The van der Waals surface area contributed by atoms with Crippen molar-refractivity contribution in [2.24, 2.45) is 0 Å². The first-order valence-electron chi connectivity index (χ1n) is 6.80. The summed E-state index contributed by atoms with van der Waals surface area (Å²) < 4.78 is 0. The molecule has 2 aromatic rings. The number of hydrogen-bond donors (Lipinski definition) is 2. The van der Waals surface area contributed by atoms with Gasteiger partial charge in [-0.2, -0.15) is 0 Å². The van der Waals surface area contributed by atoms with Crippen LogP contribution in [-0.4, -0.2) is 11.5 Å². The summed E-state index contributed by atoms with van der Waals surface area (Å²) in [7, 11) is 0. The third-order valence-electron chi connectivity index (χ3n) is 3.66. The van der Waals surface area contributed by atoms with E-state index in [1.807, 2.05) is 12.3 Å². The number of nitrogens with zero attached hydrogens (tertiary/aromatic N) is 1. The van der Waals surface area contributed by atoms with Crippen molar-refractivity contribution in [2.45, 2.75) is 26.4 Å².